The Bertz CT molecular complexity index is 3290. The molecule has 12 amide bonds. The van der Waals surface area contributed by atoms with Crippen molar-refractivity contribution in [2.24, 2.45) is 41.4 Å². The molecule has 2 unspecified atom stereocenters. The fourth-order valence-corrected chi connectivity index (χ4v) is 18.8. The molecule has 0 aromatic carbocycles. The summed E-state index contributed by atoms with van der Waals surface area (Å²) in [7, 11) is 8.58. The standard InChI is InChI=1S/C80H125F5N12O14/c1-11-50(4)68-76(107)90(6)48-66(100)91(7)59-26-17-14-20-35-96(75(59)106)63(43-52-29-27-49(3)28-30-52)73(104)89(5)47-64(98)86-58(32-31-53-40-56(81)67(57(82)41-53)80(83,84)85)72(103)97-46-55(111-12-2)44-61(97)71(102)88-79(33-21-34-79)78(109)94(10)69(54-24-18-19-25-54)77(108)93(9)62(74(105)95-36-38-110-39-37-95)45-65(99)92(8)60(70(101)87-68)42-51-22-15-13-16-23-51/h14,17,49-63,67-69H,11-13,15-16,18-48H2,1-10H3,(H,86,98)(H,87,101)(H,88,102)/b17-14-/t49?,50-,52?,53?,55+,56?,57?,58-,59-,60-,61-,62-,63-,67?,68-,69-/m0/s1. The first-order valence-electron chi connectivity index (χ1n) is 41.2. The quantitative estimate of drug-likeness (QED) is 0.131. The summed E-state index contributed by atoms with van der Waals surface area (Å²) >= 11 is 0. The largest absolute Gasteiger partial charge is 0.397 e. The van der Waals surface area contributed by atoms with E-state index in [2.05, 4.69) is 22.9 Å². The van der Waals surface area contributed by atoms with Gasteiger partial charge in [-0.25, -0.2) is 8.78 Å². The van der Waals surface area contributed by atoms with Gasteiger partial charge in [-0.15, -0.1) is 0 Å². The number of fused-ring (bicyclic) bond motifs is 3. The molecule has 111 heavy (non-hydrogen) atoms. The van der Waals surface area contributed by atoms with E-state index in [0.29, 0.717) is 50.9 Å². The first-order chi connectivity index (χ1) is 52.7. The summed E-state index contributed by atoms with van der Waals surface area (Å²) < 4.78 is 84.8. The Morgan fingerprint density at radius 2 is 1.24 bits per heavy atom. The molecular formula is C80H125F5N12O14. The molecule has 26 nitrogen and oxygen atoms in total. The zero-order valence-corrected chi connectivity index (χ0v) is 67.1. The molecule has 3 N–H and O–H groups in total. The number of morpholine rings is 1. The Kier molecular flexibility index (Phi) is 31.1. The maximum absolute atomic E-state index is 15.9. The normalized spacial score (nSPS) is 33.1. The van der Waals surface area contributed by atoms with Crippen LogP contribution in [0.3, 0.4) is 0 Å². The maximum atomic E-state index is 15.9. The van der Waals surface area contributed by atoms with E-state index in [0.717, 1.165) is 62.7 Å². The van der Waals surface area contributed by atoms with E-state index in [9.17, 15) is 22.8 Å². The molecule has 1 spiro atoms. The lowest BCUT2D eigenvalue weighted by molar-refractivity contribution is -0.219. The van der Waals surface area contributed by atoms with Gasteiger partial charge in [0.25, 0.3) is 0 Å². The fourth-order valence-electron chi connectivity index (χ4n) is 18.8. The van der Waals surface area contributed by atoms with E-state index in [1.54, 1.807) is 19.9 Å². The van der Waals surface area contributed by atoms with Crippen LogP contribution in [0.5, 0.6) is 0 Å². The Labute approximate surface area is 651 Å². The first-order valence-corrected chi connectivity index (χ1v) is 41.2. The van der Waals surface area contributed by atoms with Crippen LogP contribution in [-0.2, 0) is 67.0 Å². The topological polar surface area (TPSA) is 289 Å². The van der Waals surface area contributed by atoms with Gasteiger partial charge < -0.3 is 69.5 Å². The lowest BCUT2D eigenvalue weighted by atomic mass is 9.74. The van der Waals surface area contributed by atoms with Crippen LogP contribution < -0.4 is 16.0 Å². The molecule has 2 bridgehead atoms. The zero-order chi connectivity index (χ0) is 80.9. The lowest BCUT2D eigenvalue weighted by Crippen LogP contribution is -2.68. The van der Waals surface area contributed by atoms with Gasteiger partial charge in [0.05, 0.1) is 38.8 Å². The van der Waals surface area contributed by atoms with Crippen molar-refractivity contribution in [3.05, 3.63) is 12.2 Å². The number of hydrogen-bond donors (Lipinski definition) is 3. The number of ether oxygens (including phenoxy) is 2. The monoisotopic (exact) mass is 1570 g/mol. The Balaban J connectivity index is 1.11. The molecule has 5 aliphatic carbocycles. The van der Waals surface area contributed by atoms with E-state index in [-0.39, 0.29) is 109 Å². The number of hydrogen-bond acceptors (Lipinski definition) is 14. The number of carbonyl (C=O) groups is 12. The second-order valence-electron chi connectivity index (χ2n) is 33.8. The van der Waals surface area contributed by atoms with Crippen LogP contribution in [0.1, 0.15) is 201 Å². The Morgan fingerprint density at radius 1 is 0.622 bits per heavy atom. The molecule has 12 atom stereocenters. The highest BCUT2D eigenvalue weighted by atomic mass is 19.4. The van der Waals surface area contributed by atoms with Gasteiger partial charge in [-0.3, -0.25) is 57.5 Å². The van der Waals surface area contributed by atoms with Gasteiger partial charge in [0.15, 0.2) is 0 Å². The second-order valence-corrected chi connectivity index (χ2v) is 33.8. The maximum Gasteiger partial charge on any atom is 0.397 e. The van der Waals surface area contributed by atoms with E-state index in [1.807, 2.05) is 13.0 Å². The van der Waals surface area contributed by atoms with Gasteiger partial charge in [0, 0.05) is 81.5 Å². The van der Waals surface area contributed by atoms with Gasteiger partial charge in [-0.05, 0) is 126 Å². The van der Waals surface area contributed by atoms with Crippen LogP contribution in [0.15, 0.2) is 12.2 Å². The molecular weight excluding hydrogens is 1450 g/mol. The van der Waals surface area contributed by atoms with E-state index in [4.69, 9.17) is 9.47 Å². The van der Waals surface area contributed by atoms with Gasteiger partial charge in [0.2, 0.25) is 70.9 Å². The SMILES string of the molecule is CCO[C@@H]1C[C@H]2C(=O)NC3(CCC3)C(=O)N(C)[C@@H](C3CCCC3)C(=O)N(C)[C@H](C(=O)N3CCOCC3)CC(=O)N(C)[C@@H](CC3CCCCC3)C(=O)N[C@@H]([C@@H](C)CC)C(=O)N(C)CC(=O)N(C)[C@H]3C/C=C\CCN(C3=O)[C@@H](CC3CCC(C)CC3)C(=O)N(C)CC(=O)N[C@@H](CCC3CC(F)C(C(F)(F)F)C(F)C3)C(=O)N2C1. The summed E-state index contributed by atoms with van der Waals surface area (Å²) in [5.41, 5.74) is -1.65. The number of alkyl halides is 5. The minimum atomic E-state index is -5.18. The number of nitrogens with zero attached hydrogens (tertiary/aromatic N) is 9. The lowest BCUT2D eigenvalue weighted by Gasteiger charge is -2.47. The van der Waals surface area contributed by atoms with Crippen molar-refractivity contribution in [1.82, 2.24) is 60.0 Å². The summed E-state index contributed by atoms with van der Waals surface area (Å²) in [6.45, 7) is 6.75. The highest BCUT2D eigenvalue weighted by Gasteiger charge is 2.56. The predicted molar refractivity (Wildman–Crippen MR) is 401 cm³/mol. The number of halogens is 5. The molecule has 4 heterocycles. The average Bonchev–Trinajstić information content (AvgIpc) is 1.65. The molecule has 5 saturated carbocycles. The van der Waals surface area contributed by atoms with E-state index in [1.165, 1.54) is 81.5 Å². The summed E-state index contributed by atoms with van der Waals surface area (Å²) in [6, 6.07) is -10.6. The number of nitrogens with one attached hydrogen (secondary N) is 3. The number of rotatable bonds is 13. The van der Waals surface area contributed by atoms with Crippen molar-refractivity contribution in [2.45, 2.75) is 280 Å². The van der Waals surface area contributed by atoms with Gasteiger partial charge in [-0.1, -0.05) is 110 Å². The van der Waals surface area contributed by atoms with Crippen molar-refractivity contribution in [3.8, 4) is 0 Å². The van der Waals surface area contributed by atoms with E-state index >= 15 is 56.7 Å². The second kappa shape index (κ2) is 39.3. The Morgan fingerprint density at radius 3 is 1.86 bits per heavy atom. The minimum absolute atomic E-state index is 0.00941. The van der Waals surface area contributed by atoms with Crippen molar-refractivity contribution in [1.29, 1.82) is 0 Å². The third kappa shape index (κ3) is 21.5. The summed E-state index contributed by atoms with van der Waals surface area (Å²) in [6.07, 6.45) is 1.29. The molecule has 31 heteroatoms. The van der Waals surface area contributed by atoms with E-state index < -0.39 is 205 Å². The number of carbonyl (C=O) groups excluding carboxylic acids is 12. The average molecular weight is 1570 g/mol. The third-order valence-electron chi connectivity index (χ3n) is 26.2. The van der Waals surface area contributed by atoms with Gasteiger partial charge >= 0.3 is 6.18 Å². The molecule has 0 aromatic heterocycles. The smallest absolute Gasteiger partial charge is 0.378 e. The Hall–Kier alpha value is -7.05. The molecule has 9 rings (SSSR count). The highest BCUT2D eigenvalue weighted by molar-refractivity contribution is 6.01. The number of likely N-dealkylation sites (N-methyl/N-ethyl adjacent to an activating group) is 6. The third-order valence-corrected chi connectivity index (χ3v) is 26.2. The minimum Gasteiger partial charge on any atom is -0.378 e. The van der Waals surface area contributed by atoms with Crippen LogP contribution in [0, 0.1) is 41.4 Å². The van der Waals surface area contributed by atoms with Crippen LogP contribution in [0.2, 0.25) is 0 Å². The molecule has 4 aliphatic heterocycles. The van der Waals surface area contributed by atoms with Crippen LogP contribution in [0.25, 0.3) is 0 Å². The van der Waals surface area contributed by atoms with Crippen molar-refractivity contribution in [3.63, 3.8) is 0 Å². The molecule has 3 saturated heterocycles. The zero-order valence-electron chi connectivity index (χ0n) is 67.1. The molecule has 624 valence electrons. The van der Waals surface area contributed by atoms with Gasteiger partial charge in [-0.2, -0.15) is 13.2 Å². The molecule has 8 fully saturated rings. The van der Waals surface area contributed by atoms with Crippen molar-refractivity contribution >= 4 is 70.9 Å². The fraction of sp³-hybridized carbons (Fsp3) is 0.825. The summed E-state index contributed by atoms with van der Waals surface area (Å²) in [5, 5.41) is 8.74. The van der Waals surface area contributed by atoms with Crippen molar-refractivity contribution in [2.75, 3.05) is 101 Å². The predicted octanol–water partition coefficient (Wildman–Crippen LogP) is 6.50. The molecule has 0 radical (unpaired) electrons. The summed E-state index contributed by atoms with van der Waals surface area (Å²) in [4.78, 5) is 196. The van der Waals surface area contributed by atoms with Gasteiger partial charge in [0.1, 0.15) is 72.1 Å². The van der Waals surface area contributed by atoms with Crippen LogP contribution in [-0.4, -0.2) is 295 Å². The van der Waals surface area contributed by atoms with Crippen LogP contribution in [0.4, 0.5) is 22.0 Å². The highest BCUT2D eigenvalue weighted by Crippen LogP contribution is 2.45. The van der Waals surface area contributed by atoms with Crippen LogP contribution >= 0.6 is 0 Å². The molecule has 9 aliphatic rings. The van der Waals surface area contributed by atoms with Crippen molar-refractivity contribution < 1.29 is 89.0 Å². The summed E-state index contributed by atoms with van der Waals surface area (Å²) in [5.74, 6) is -12.8. The first kappa shape index (κ1) is 87.9. The molecule has 0 aromatic rings. The number of amides is 12.